The van der Waals surface area contributed by atoms with Crippen LogP contribution >= 0.6 is 23.1 Å². The molecule has 1 heterocycles. The molecule has 0 fully saturated rings. The number of nitrogens with one attached hydrogen (secondary N) is 1. The summed E-state index contributed by atoms with van der Waals surface area (Å²) in [5.41, 5.74) is 2.07. The van der Waals surface area contributed by atoms with Crippen LogP contribution in [0.4, 0.5) is 5.00 Å². The Balaban J connectivity index is 2.38. The highest BCUT2D eigenvalue weighted by Crippen LogP contribution is 2.21. The van der Waals surface area contributed by atoms with Crippen LogP contribution in [0.2, 0.25) is 0 Å². The zero-order valence-electron chi connectivity index (χ0n) is 10.2. The molecule has 0 saturated heterocycles. The van der Waals surface area contributed by atoms with E-state index in [1.54, 1.807) is 12.4 Å². The van der Waals surface area contributed by atoms with E-state index >= 15 is 0 Å². The van der Waals surface area contributed by atoms with Gasteiger partial charge in [-0.3, -0.25) is 0 Å². The fourth-order valence-corrected chi connectivity index (χ4v) is 2.48. The van der Waals surface area contributed by atoms with Crippen LogP contribution in [0.1, 0.15) is 30.3 Å². The minimum atomic E-state index is -0.347. The molecule has 1 N–H and O–H groups in total. The summed E-state index contributed by atoms with van der Waals surface area (Å²) in [4.78, 5) is 15.6. The molecule has 96 valence electrons. The summed E-state index contributed by atoms with van der Waals surface area (Å²) in [6.45, 7) is 3.04. The first kappa shape index (κ1) is 14.3. The summed E-state index contributed by atoms with van der Waals surface area (Å²) in [5.74, 6) is 0.829. The molecule has 1 aromatic heterocycles. The molecule has 0 aromatic carbocycles. The zero-order chi connectivity index (χ0) is 12.5. The molecule has 0 saturated carbocycles. The van der Waals surface area contributed by atoms with Gasteiger partial charge in [-0.15, -0.1) is 11.3 Å². The van der Waals surface area contributed by atoms with Crippen LogP contribution < -0.4 is 5.32 Å². The first-order chi connectivity index (χ1) is 8.29. The lowest BCUT2D eigenvalue weighted by molar-refractivity contribution is 0.0521. The minimum absolute atomic E-state index is 0.347. The molecular weight excluding hydrogens is 256 g/mol. The van der Waals surface area contributed by atoms with Gasteiger partial charge in [0, 0.05) is 6.54 Å². The lowest BCUT2D eigenvalue weighted by Gasteiger charge is -2.05. The lowest BCUT2D eigenvalue weighted by atomic mass is 10.3. The van der Waals surface area contributed by atoms with Crippen molar-refractivity contribution in [3.8, 4) is 0 Å². The maximum atomic E-state index is 11.5. The van der Waals surface area contributed by atoms with Crippen LogP contribution in [0.25, 0.3) is 0 Å². The zero-order valence-corrected chi connectivity index (χ0v) is 11.8. The van der Waals surface area contributed by atoms with Gasteiger partial charge >= 0.3 is 5.97 Å². The monoisotopic (exact) mass is 274 g/mol. The highest BCUT2D eigenvalue weighted by molar-refractivity contribution is 7.98. The second-order valence-electron chi connectivity index (χ2n) is 3.38. The van der Waals surface area contributed by atoms with Gasteiger partial charge in [-0.1, -0.05) is 0 Å². The highest BCUT2D eigenvalue weighted by atomic mass is 32.2. The fraction of sp³-hybridized carbons (Fsp3) is 0.636. The Labute approximate surface area is 110 Å². The third-order valence-corrected chi connectivity index (χ3v) is 3.58. The second kappa shape index (κ2) is 8.36. The van der Waals surface area contributed by atoms with E-state index in [4.69, 9.17) is 4.74 Å². The maximum Gasteiger partial charge on any atom is 0.360 e. The highest BCUT2D eigenvalue weighted by Gasteiger charge is 2.15. The molecule has 0 aliphatic rings. The van der Waals surface area contributed by atoms with Gasteiger partial charge in [-0.2, -0.15) is 11.8 Å². The molecular formula is C11H18N2O2S2. The predicted molar refractivity (Wildman–Crippen MR) is 74.2 cm³/mol. The van der Waals surface area contributed by atoms with Gasteiger partial charge in [-0.05, 0) is 31.8 Å². The van der Waals surface area contributed by atoms with Crippen molar-refractivity contribution in [1.29, 1.82) is 0 Å². The van der Waals surface area contributed by atoms with Crippen molar-refractivity contribution in [1.82, 2.24) is 4.98 Å². The number of rotatable bonds is 8. The Morgan fingerprint density at radius 1 is 1.59 bits per heavy atom. The smallest absolute Gasteiger partial charge is 0.360 e. The summed E-state index contributed by atoms with van der Waals surface area (Å²) in [6, 6.07) is 0. The van der Waals surface area contributed by atoms with Crippen LogP contribution in [0.3, 0.4) is 0 Å². The van der Waals surface area contributed by atoms with E-state index in [0.29, 0.717) is 12.3 Å². The van der Waals surface area contributed by atoms with Gasteiger partial charge in [0.2, 0.25) is 0 Å². The topological polar surface area (TPSA) is 51.2 Å². The first-order valence-electron chi connectivity index (χ1n) is 5.63. The number of thioether (sulfide) groups is 1. The molecule has 0 amide bonds. The second-order valence-corrected chi connectivity index (χ2v) is 5.22. The molecule has 17 heavy (non-hydrogen) atoms. The van der Waals surface area contributed by atoms with Gasteiger partial charge in [0.1, 0.15) is 5.00 Å². The van der Waals surface area contributed by atoms with E-state index in [-0.39, 0.29) is 5.97 Å². The molecule has 0 spiro atoms. The normalized spacial score (nSPS) is 10.2. The van der Waals surface area contributed by atoms with Crippen molar-refractivity contribution in [3.63, 3.8) is 0 Å². The minimum Gasteiger partial charge on any atom is -0.461 e. The number of esters is 1. The SMILES string of the molecule is CCOC(=O)c1ncsc1NCCCCSC. The van der Waals surface area contributed by atoms with E-state index < -0.39 is 0 Å². The standard InChI is InChI=1S/C11H18N2O2S2/c1-3-15-11(14)9-10(17-8-13-9)12-6-4-5-7-16-2/h8,12H,3-7H2,1-2H3. The molecule has 0 bridgehead atoms. The van der Waals surface area contributed by atoms with E-state index in [0.717, 1.165) is 18.0 Å². The third kappa shape index (κ3) is 4.95. The Kier molecular flexibility index (Phi) is 7.04. The number of hydrogen-bond acceptors (Lipinski definition) is 6. The van der Waals surface area contributed by atoms with Crippen molar-refractivity contribution in [2.75, 3.05) is 30.5 Å². The van der Waals surface area contributed by atoms with Gasteiger partial charge in [-0.25, -0.2) is 9.78 Å². The van der Waals surface area contributed by atoms with Crippen LogP contribution in [-0.4, -0.2) is 36.1 Å². The van der Waals surface area contributed by atoms with E-state index in [9.17, 15) is 4.79 Å². The molecule has 0 unspecified atom stereocenters. The fourth-order valence-electron chi connectivity index (χ4n) is 1.29. The van der Waals surface area contributed by atoms with Crippen LogP contribution in [-0.2, 0) is 4.74 Å². The summed E-state index contributed by atoms with van der Waals surface area (Å²) >= 11 is 3.29. The predicted octanol–water partition coefficient (Wildman–Crippen LogP) is 2.87. The van der Waals surface area contributed by atoms with Gasteiger partial charge in [0.05, 0.1) is 12.1 Å². The van der Waals surface area contributed by atoms with E-state index in [2.05, 4.69) is 16.6 Å². The molecule has 4 nitrogen and oxygen atoms in total. The van der Waals surface area contributed by atoms with E-state index in [1.807, 2.05) is 11.8 Å². The summed E-state index contributed by atoms with van der Waals surface area (Å²) in [7, 11) is 0. The number of hydrogen-bond donors (Lipinski definition) is 1. The van der Waals surface area contributed by atoms with Gasteiger partial charge < -0.3 is 10.1 Å². The van der Waals surface area contributed by atoms with Crippen LogP contribution in [0.15, 0.2) is 5.51 Å². The largest absolute Gasteiger partial charge is 0.461 e. The number of unbranched alkanes of at least 4 members (excludes halogenated alkanes) is 1. The lowest BCUT2D eigenvalue weighted by Crippen LogP contribution is -2.09. The summed E-state index contributed by atoms with van der Waals surface area (Å²) < 4.78 is 4.93. The van der Waals surface area contributed by atoms with Crippen molar-refractivity contribution >= 4 is 34.1 Å². The summed E-state index contributed by atoms with van der Waals surface area (Å²) in [5, 5.41) is 4.05. The average Bonchev–Trinajstić information content (AvgIpc) is 2.77. The molecule has 1 aromatic rings. The number of ether oxygens (including phenoxy) is 1. The quantitative estimate of drug-likeness (QED) is 0.583. The van der Waals surface area contributed by atoms with Crippen molar-refractivity contribution in [2.45, 2.75) is 19.8 Å². The molecule has 0 aliphatic heterocycles. The maximum absolute atomic E-state index is 11.5. The first-order valence-corrected chi connectivity index (χ1v) is 7.90. The number of anilines is 1. The number of nitrogens with zero attached hydrogens (tertiary/aromatic N) is 1. The van der Waals surface area contributed by atoms with Gasteiger partial charge in [0.15, 0.2) is 5.69 Å². The summed E-state index contributed by atoms with van der Waals surface area (Å²) in [6.07, 6.45) is 4.39. The van der Waals surface area contributed by atoms with Crippen LogP contribution in [0, 0.1) is 0 Å². The molecule has 1 rings (SSSR count). The third-order valence-electron chi connectivity index (χ3n) is 2.10. The molecule has 6 heteroatoms. The Bertz CT molecular complexity index is 342. The Morgan fingerprint density at radius 3 is 3.12 bits per heavy atom. The number of thiazole rings is 1. The van der Waals surface area contributed by atoms with E-state index in [1.165, 1.54) is 23.5 Å². The van der Waals surface area contributed by atoms with Crippen molar-refractivity contribution in [2.24, 2.45) is 0 Å². The van der Waals surface area contributed by atoms with Crippen LogP contribution in [0.5, 0.6) is 0 Å². The average molecular weight is 274 g/mol. The molecule has 0 radical (unpaired) electrons. The van der Waals surface area contributed by atoms with Gasteiger partial charge in [0.25, 0.3) is 0 Å². The molecule has 0 atom stereocenters. The number of carbonyl (C=O) groups excluding carboxylic acids is 1. The Hall–Kier alpha value is -0.750. The van der Waals surface area contributed by atoms with Crippen molar-refractivity contribution in [3.05, 3.63) is 11.2 Å². The number of aromatic nitrogens is 1. The van der Waals surface area contributed by atoms with Crippen molar-refractivity contribution < 1.29 is 9.53 Å². The number of carbonyl (C=O) groups is 1. The Morgan fingerprint density at radius 2 is 2.41 bits per heavy atom. The molecule has 0 aliphatic carbocycles.